The Balaban J connectivity index is 1.36. The van der Waals surface area contributed by atoms with Crippen molar-refractivity contribution in [1.82, 2.24) is 30.2 Å². The van der Waals surface area contributed by atoms with Crippen LogP contribution in [0.25, 0.3) is 28.1 Å². The number of benzene rings is 1. The van der Waals surface area contributed by atoms with Gasteiger partial charge in [0.05, 0.1) is 18.5 Å². The van der Waals surface area contributed by atoms with Crippen molar-refractivity contribution in [3.8, 4) is 28.1 Å². The third-order valence-corrected chi connectivity index (χ3v) is 7.53. The summed E-state index contributed by atoms with van der Waals surface area (Å²) in [6, 6.07) is 7.26. The number of halogens is 2. The highest BCUT2D eigenvalue weighted by Crippen LogP contribution is 2.39. The van der Waals surface area contributed by atoms with E-state index < -0.39 is 11.8 Å². The number of ether oxygens (including phenoxy) is 1. The molecular formula is C24H17ClFN7O3S. The van der Waals surface area contributed by atoms with Gasteiger partial charge in [-0.1, -0.05) is 11.6 Å². The van der Waals surface area contributed by atoms with Crippen LogP contribution >= 0.6 is 22.9 Å². The number of pyridine rings is 1. The molecule has 1 aromatic carbocycles. The molecule has 0 spiro atoms. The second-order valence-electron chi connectivity index (χ2n) is 8.43. The van der Waals surface area contributed by atoms with Crippen LogP contribution in [0.3, 0.4) is 0 Å². The van der Waals surface area contributed by atoms with Crippen molar-refractivity contribution in [2.75, 3.05) is 7.11 Å². The molecule has 1 aliphatic carbocycles. The fraction of sp³-hybridized carbons (Fsp3) is 0.167. The molecule has 10 nitrogen and oxygen atoms in total. The van der Waals surface area contributed by atoms with E-state index >= 15 is 0 Å². The fourth-order valence-corrected chi connectivity index (χ4v) is 5.70. The molecule has 13 heteroatoms. The Kier molecular flexibility index (Phi) is 5.69. The number of tetrazole rings is 1. The molecule has 0 aliphatic heterocycles. The molecule has 37 heavy (non-hydrogen) atoms. The monoisotopic (exact) mass is 537 g/mol. The molecule has 1 unspecified atom stereocenters. The van der Waals surface area contributed by atoms with Gasteiger partial charge in [0.2, 0.25) is 5.69 Å². The maximum Gasteiger partial charge on any atom is 0.351 e. The number of thiophene rings is 1. The largest absolute Gasteiger partial charge is 0.618 e. The predicted octanol–water partition coefficient (Wildman–Crippen LogP) is 4.07. The van der Waals surface area contributed by atoms with Crippen molar-refractivity contribution in [2.24, 2.45) is 0 Å². The van der Waals surface area contributed by atoms with Gasteiger partial charge in [0.25, 0.3) is 0 Å². The number of hydrogen-bond donors (Lipinski definition) is 1. The fourth-order valence-electron chi connectivity index (χ4n) is 4.67. The number of esters is 1. The molecule has 5 aromatic rings. The van der Waals surface area contributed by atoms with E-state index in [4.69, 9.17) is 11.6 Å². The summed E-state index contributed by atoms with van der Waals surface area (Å²) in [4.78, 5) is 19.3. The number of H-pyrrole nitrogens is 1. The highest BCUT2D eigenvalue weighted by Gasteiger charge is 2.35. The lowest BCUT2D eigenvalue weighted by Crippen LogP contribution is -2.33. The first-order valence-electron chi connectivity index (χ1n) is 11.1. The summed E-state index contributed by atoms with van der Waals surface area (Å²) in [5, 5.41) is 26.7. The smallest absolute Gasteiger partial charge is 0.351 e. The topological polar surface area (TPSA) is 126 Å². The maximum atomic E-state index is 14.8. The molecular weight excluding hydrogens is 521 g/mol. The number of rotatable bonds is 5. The third kappa shape index (κ3) is 3.94. The number of methoxy groups -OCH3 is 1. The molecule has 1 N–H and O–H groups in total. The van der Waals surface area contributed by atoms with Crippen LogP contribution in [0.15, 0.2) is 48.4 Å². The van der Waals surface area contributed by atoms with Crippen LogP contribution in [0, 0.1) is 11.0 Å². The molecule has 4 heterocycles. The van der Waals surface area contributed by atoms with Gasteiger partial charge in [-0.15, -0.1) is 16.4 Å². The first-order valence-corrected chi connectivity index (χ1v) is 12.4. The van der Waals surface area contributed by atoms with E-state index in [-0.39, 0.29) is 16.4 Å². The lowest BCUT2D eigenvalue weighted by molar-refractivity contribution is -0.614. The Bertz CT molecular complexity index is 1650. The van der Waals surface area contributed by atoms with Crippen molar-refractivity contribution in [2.45, 2.75) is 18.8 Å². The highest BCUT2D eigenvalue weighted by molar-refractivity contribution is 7.12. The SMILES string of the molecule is COC(=O)c1scc(-c2c[nH]c(C3CCc4cc(-c5cc(Cl)ccc5-n5cnnn5)c[n+]([O-])c43)n2)c1F. The van der Waals surface area contributed by atoms with Crippen molar-refractivity contribution >= 4 is 28.9 Å². The first-order chi connectivity index (χ1) is 17.9. The molecule has 1 aliphatic rings. The maximum absolute atomic E-state index is 14.8. The predicted molar refractivity (Wildman–Crippen MR) is 132 cm³/mol. The zero-order valence-electron chi connectivity index (χ0n) is 19.2. The number of nitrogens with one attached hydrogen (secondary N) is 1. The van der Waals surface area contributed by atoms with E-state index in [1.807, 2.05) is 6.07 Å². The van der Waals surface area contributed by atoms with E-state index in [9.17, 15) is 14.4 Å². The minimum absolute atomic E-state index is 0.111. The summed E-state index contributed by atoms with van der Waals surface area (Å²) in [7, 11) is 1.20. The Morgan fingerprint density at radius 1 is 1.35 bits per heavy atom. The number of aromatic amines is 1. The van der Waals surface area contributed by atoms with Gasteiger partial charge < -0.3 is 14.9 Å². The standard InChI is InChI=1S/C24H17ClFN7O3S/c1-36-24(34)22-20(26)17(10-37-22)18-8-27-23(29-18)15-4-2-12-6-13(9-33(35)21(12)15)16-7-14(25)3-5-19(16)32-11-28-30-31-32/h3,5-11,15H,2,4H2,1H3,(H,27,29). The second-order valence-corrected chi connectivity index (χ2v) is 9.74. The lowest BCUT2D eigenvalue weighted by Gasteiger charge is -2.13. The highest BCUT2D eigenvalue weighted by atomic mass is 35.5. The summed E-state index contributed by atoms with van der Waals surface area (Å²) in [6.45, 7) is 0. The molecule has 4 aromatic heterocycles. The minimum atomic E-state index is -0.736. The van der Waals surface area contributed by atoms with Gasteiger partial charge in [0.15, 0.2) is 12.0 Å². The van der Waals surface area contributed by atoms with Crippen LogP contribution < -0.4 is 4.73 Å². The molecule has 0 saturated carbocycles. The zero-order chi connectivity index (χ0) is 25.7. The Morgan fingerprint density at radius 3 is 3.00 bits per heavy atom. The molecule has 0 saturated heterocycles. The lowest BCUT2D eigenvalue weighted by atomic mass is 10.0. The average Bonchev–Trinajstić information content (AvgIpc) is 3.69. The summed E-state index contributed by atoms with van der Waals surface area (Å²) < 4.78 is 21.8. The van der Waals surface area contributed by atoms with Crippen LogP contribution in [0.5, 0.6) is 0 Å². The number of carbonyl (C=O) groups is 1. The van der Waals surface area contributed by atoms with Crippen LogP contribution in [-0.4, -0.2) is 43.3 Å². The quantitative estimate of drug-likeness (QED) is 0.203. The van der Waals surface area contributed by atoms with Crippen molar-refractivity contribution in [3.05, 3.63) is 86.4 Å². The minimum Gasteiger partial charge on any atom is -0.618 e. The van der Waals surface area contributed by atoms with Gasteiger partial charge in [-0.3, -0.25) is 0 Å². The van der Waals surface area contributed by atoms with E-state index in [2.05, 4.69) is 30.2 Å². The molecule has 0 radical (unpaired) electrons. The molecule has 0 bridgehead atoms. The van der Waals surface area contributed by atoms with E-state index in [1.165, 1.54) is 29.7 Å². The van der Waals surface area contributed by atoms with Gasteiger partial charge in [0, 0.05) is 38.9 Å². The van der Waals surface area contributed by atoms with Crippen molar-refractivity contribution in [3.63, 3.8) is 0 Å². The van der Waals surface area contributed by atoms with Gasteiger partial charge in [-0.25, -0.2) is 14.2 Å². The van der Waals surface area contributed by atoms with Crippen LogP contribution in [0.2, 0.25) is 5.02 Å². The van der Waals surface area contributed by atoms with Crippen molar-refractivity contribution < 1.29 is 18.7 Å². The number of nitrogens with zero attached hydrogens (tertiary/aromatic N) is 6. The third-order valence-electron chi connectivity index (χ3n) is 6.36. The molecule has 0 fully saturated rings. The number of imidazole rings is 1. The number of aryl methyl sites for hydroxylation is 1. The summed E-state index contributed by atoms with van der Waals surface area (Å²) in [5.41, 5.74) is 4.09. The first kappa shape index (κ1) is 23.3. The molecule has 0 amide bonds. The van der Waals surface area contributed by atoms with Crippen molar-refractivity contribution in [1.29, 1.82) is 0 Å². The average molecular weight is 538 g/mol. The number of aromatic nitrogens is 7. The normalized spacial score (nSPS) is 14.6. The molecule has 186 valence electrons. The van der Waals surface area contributed by atoms with Crippen LogP contribution in [0.1, 0.15) is 39.1 Å². The van der Waals surface area contributed by atoms with E-state index in [0.29, 0.717) is 51.9 Å². The Morgan fingerprint density at radius 2 is 2.22 bits per heavy atom. The van der Waals surface area contributed by atoms with Gasteiger partial charge in [-0.2, -0.15) is 9.41 Å². The second kappa shape index (κ2) is 9.05. The molecule has 1 atom stereocenters. The van der Waals surface area contributed by atoms with E-state index in [1.54, 1.807) is 24.4 Å². The van der Waals surface area contributed by atoms with Crippen LogP contribution in [0.4, 0.5) is 4.39 Å². The van der Waals surface area contributed by atoms with Crippen LogP contribution in [-0.2, 0) is 11.2 Å². The van der Waals surface area contributed by atoms with Gasteiger partial charge in [-0.05, 0) is 47.5 Å². The summed E-state index contributed by atoms with van der Waals surface area (Å²) in [6.07, 6.45) is 5.87. The Hall–Kier alpha value is -4.16. The zero-order valence-corrected chi connectivity index (χ0v) is 20.8. The van der Waals surface area contributed by atoms with Gasteiger partial charge >= 0.3 is 5.97 Å². The molecule has 6 rings (SSSR count). The summed E-state index contributed by atoms with van der Waals surface area (Å²) >= 11 is 7.23. The van der Waals surface area contributed by atoms with Gasteiger partial charge in [0.1, 0.15) is 22.9 Å². The Labute approximate surface area is 217 Å². The summed E-state index contributed by atoms with van der Waals surface area (Å²) in [5.74, 6) is -1.16. The number of fused-ring (bicyclic) bond motifs is 1. The number of hydrogen-bond acceptors (Lipinski definition) is 8. The number of carbonyl (C=O) groups excluding carboxylic acids is 1. The van der Waals surface area contributed by atoms with E-state index in [0.717, 1.165) is 21.6 Å².